The highest BCUT2D eigenvalue weighted by atomic mass is 16.5. The van der Waals surface area contributed by atoms with Gasteiger partial charge >= 0.3 is 0 Å². The lowest BCUT2D eigenvalue weighted by atomic mass is 9.95. The average Bonchev–Trinajstić information content (AvgIpc) is 3.21. The average molecular weight is 465 g/mol. The van der Waals surface area contributed by atoms with Crippen LogP contribution in [0.15, 0.2) is 23.0 Å². The SMILES string of the molecule is CCNC1CCN(c2ccc(-c3nc4c(C)nn(C5CCCCC5)c4c(=O)[nH]3)c(OC)c2)CC1. The zero-order valence-electron chi connectivity index (χ0n) is 20.6. The fraction of sp³-hybridized carbons (Fsp3) is 0.577. The monoisotopic (exact) mass is 464 g/mol. The van der Waals surface area contributed by atoms with E-state index in [0.717, 1.165) is 62.3 Å². The smallest absolute Gasteiger partial charge is 0.277 e. The Morgan fingerprint density at radius 3 is 2.62 bits per heavy atom. The number of rotatable bonds is 6. The van der Waals surface area contributed by atoms with Crippen LogP contribution in [0.25, 0.3) is 22.4 Å². The van der Waals surface area contributed by atoms with Crippen molar-refractivity contribution in [3.63, 3.8) is 0 Å². The molecule has 1 saturated carbocycles. The van der Waals surface area contributed by atoms with Gasteiger partial charge in [-0.15, -0.1) is 0 Å². The predicted octanol–water partition coefficient (Wildman–Crippen LogP) is 4.19. The fourth-order valence-corrected chi connectivity index (χ4v) is 5.61. The maximum Gasteiger partial charge on any atom is 0.277 e. The standard InChI is InChI=1S/C26H36N6O2/c1-4-27-18-12-14-31(15-13-18)20-10-11-21(22(16-20)34-3)25-28-23-17(2)30-32(24(23)26(33)29-25)19-8-6-5-7-9-19/h10-11,16,18-19,27H,4-9,12-15H2,1-3H3,(H,28,29,33). The van der Waals surface area contributed by atoms with Crippen molar-refractivity contribution in [1.82, 2.24) is 25.1 Å². The number of hydrogen-bond acceptors (Lipinski definition) is 6. The van der Waals surface area contributed by atoms with E-state index in [1.165, 1.54) is 19.3 Å². The van der Waals surface area contributed by atoms with Gasteiger partial charge in [0.15, 0.2) is 5.52 Å². The fourth-order valence-electron chi connectivity index (χ4n) is 5.61. The van der Waals surface area contributed by atoms with E-state index in [0.29, 0.717) is 28.6 Å². The highest BCUT2D eigenvalue weighted by Gasteiger charge is 2.24. The van der Waals surface area contributed by atoms with Crippen LogP contribution in [0.3, 0.4) is 0 Å². The first-order valence-electron chi connectivity index (χ1n) is 12.7. The van der Waals surface area contributed by atoms with E-state index >= 15 is 0 Å². The van der Waals surface area contributed by atoms with Crippen LogP contribution in [0.4, 0.5) is 5.69 Å². The van der Waals surface area contributed by atoms with Crippen LogP contribution in [0.5, 0.6) is 5.75 Å². The van der Waals surface area contributed by atoms with Crippen LogP contribution < -0.4 is 20.5 Å². The number of ether oxygens (including phenoxy) is 1. The minimum Gasteiger partial charge on any atom is -0.496 e. The summed E-state index contributed by atoms with van der Waals surface area (Å²) < 4.78 is 7.68. The van der Waals surface area contributed by atoms with Crippen molar-refractivity contribution in [2.75, 3.05) is 31.6 Å². The molecule has 3 aromatic rings. The highest BCUT2D eigenvalue weighted by molar-refractivity contribution is 5.80. The normalized spacial score (nSPS) is 18.0. The number of aryl methyl sites for hydroxylation is 1. The summed E-state index contributed by atoms with van der Waals surface area (Å²) in [4.78, 5) is 23.5. The van der Waals surface area contributed by atoms with Crippen LogP contribution in [-0.2, 0) is 0 Å². The van der Waals surface area contributed by atoms with E-state index in [2.05, 4.69) is 34.3 Å². The van der Waals surface area contributed by atoms with Crippen LogP contribution in [0.1, 0.15) is 63.6 Å². The summed E-state index contributed by atoms with van der Waals surface area (Å²) in [6.45, 7) is 7.15. The Bertz CT molecular complexity index is 1200. The quantitative estimate of drug-likeness (QED) is 0.569. The number of piperidine rings is 1. The van der Waals surface area contributed by atoms with Gasteiger partial charge in [-0.3, -0.25) is 9.48 Å². The molecule has 8 nitrogen and oxygen atoms in total. The molecular weight excluding hydrogens is 428 g/mol. The molecule has 0 unspecified atom stereocenters. The number of fused-ring (bicyclic) bond motifs is 1. The maximum atomic E-state index is 13.2. The number of nitrogens with zero attached hydrogens (tertiary/aromatic N) is 4. The second-order valence-electron chi connectivity index (χ2n) is 9.64. The van der Waals surface area contributed by atoms with Gasteiger partial charge in [0.25, 0.3) is 5.56 Å². The first-order valence-corrected chi connectivity index (χ1v) is 12.7. The number of aromatic amines is 1. The van der Waals surface area contributed by atoms with Gasteiger partial charge in [0.05, 0.1) is 24.4 Å². The summed E-state index contributed by atoms with van der Waals surface area (Å²) in [5.74, 6) is 1.24. The van der Waals surface area contributed by atoms with Gasteiger partial charge in [0.2, 0.25) is 0 Å². The largest absolute Gasteiger partial charge is 0.496 e. The number of H-pyrrole nitrogens is 1. The Balaban J connectivity index is 1.46. The van der Waals surface area contributed by atoms with E-state index < -0.39 is 0 Å². The molecule has 3 heterocycles. The molecule has 1 aliphatic carbocycles. The molecular formula is C26H36N6O2. The third-order valence-corrected chi connectivity index (χ3v) is 7.44. The molecule has 0 radical (unpaired) electrons. The van der Waals surface area contributed by atoms with Crippen molar-refractivity contribution < 1.29 is 4.74 Å². The van der Waals surface area contributed by atoms with E-state index in [9.17, 15) is 4.79 Å². The van der Waals surface area contributed by atoms with Gasteiger partial charge in [-0.25, -0.2) is 4.98 Å². The molecule has 2 fully saturated rings. The zero-order chi connectivity index (χ0) is 23.7. The second kappa shape index (κ2) is 9.78. The molecule has 0 atom stereocenters. The van der Waals surface area contributed by atoms with Crippen LogP contribution in [0.2, 0.25) is 0 Å². The number of hydrogen-bond donors (Lipinski definition) is 2. The molecule has 2 N–H and O–H groups in total. The Morgan fingerprint density at radius 1 is 1.15 bits per heavy atom. The lowest BCUT2D eigenvalue weighted by Gasteiger charge is -2.34. The van der Waals surface area contributed by atoms with Gasteiger partial charge in [-0.1, -0.05) is 26.2 Å². The summed E-state index contributed by atoms with van der Waals surface area (Å²) in [5.41, 5.74) is 3.86. The molecule has 182 valence electrons. The molecule has 8 heteroatoms. The molecule has 0 spiro atoms. The van der Waals surface area contributed by atoms with Crippen molar-refractivity contribution in [3.05, 3.63) is 34.2 Å². The van der Waals surface area contributed by atoms with Gasteiger partial charge in [0.1, 0.15) is 17.1 Å². The van der Waals surface area contributed by atoms with Crippen molar-refractivity contribution in [2.24, 2.45) is 0 Å². The van der Waals surface area contributed by atoms with Gasteiger partial charge in [-0.2, -0.15) is 5.10 Å². The molecule has 1 aromatic carbocycles. The second-order valence-corrected chi connectivity index (χ2v) is 9.64. The van der Waals surface area contributed by atoms with Crippen LogP contribution in [0, 0.1) is 6.92 Å². The molecule has 5 rings (SSSR count). The third kappa shape index (κ3) is 4.31. The summed E-state index contributed by atoms with van der Waals surface area (Å²) in [5, 5.41) is 8.29. The Morgan fingerprint density at radius 2 is 1.91 bits per heavy atom. The number of nitrogens with one attached hydrogen (secondary N) is 2. The van der Waals surface area contributed by atoms with Gasteiger partial charge in [-0.05, 0) is 51.3 Å². The highest BCUT2D eigenvalue weighted by Crippen LogP contribution is 2.34. The zero-order valence-corrected chi connectivity index (χ0v) is 20.6. The molecule has 34 heavy (non-hydrogen) atoms. The number of aromatic nitrogens is 4. The first-order chi connectivity index (χ1) is 16.6. The molecule has 0 amide bonds. The van der Waals surface area contributed by atoms with E-state index in [-0.39, 0.29) is 11.6 Å². The van der Waals surface area contributed by atoms with E-state index in [4.69, 9.17) is 14.8 Å². The third-order valence-electron chi connectivity index (χ3n) is 7.44. The number of benzene rings is 1. The molecule has 2 aromatic heterocycles. The minimum atomic E-state index is -0.136. The van der Waals surface area contributed by atoms with Crippen molar-refractivity contribution in [2.45, 2.75) is 70.9 Å². The molecule has 0 bridgehead atoms. The molecule has 1 aliphatic heterocycles. The number of anilines is 1. The lowest BCUT2D eigenvalue weighted by molar-refractivity contribution is 0.336. The topological polar surface area (TPSA) is 88.1 Å². The summed E-state index contributed by atoms with van der Waals surface area (Å²) in [6.07, 6.45) is 8.03. The summed E-state index contributed by atoms with van der Waals surface area (Å²) in [7, 11) is 1.67. The van der Waals surface area contributed by atoms with Crippen LogP contribution in [-0.4, -0.2) is 52.5 Å². The van der Waals surface area contributed by atoms with Crippen molar-refractivity contribution in [1.29, 1.82) is 0 Å². The summed E-state index contributed by atoms with van der Waals surface area (Å²) in [6, 6.07) is 7.06. The Hall–Kier alpha value is -2.87. The lowest BCUT2D eigenvalue weighted by Crippen LogP contribution is -2.42. The maximum absolute atomic E-state index is 13.2. The Labute approximate surface area is 200 Å². The van der Waals surface area contributed by atoms with Gasteiger partial charge < -0.3 is 19.9 Å². The van der Waals surface area contributed by atoms with Gasteiger partial charge in [0, 0.05) is 30.9 Å². The Kier molecular flexibility index (Phi) is 6.59. The van der Waals surface area contributed by atoms with E-state index in [1.54, 1.807) is 7.11 Å². The van der Waals surface area contributed by atoms with Crippen molar-refractivity contribution >= 4 is 16.7 Å². The van der Waals surface area contributed by atoms with Crippen molar-refractivity contribution in [3.8, 4) is 17.1 Å². The van der Waals surface area contributed by atoms with Crippen LogP contribution >= 0.6 is 0 Å². The molecule has 1 saturated heterocycles. The number of methoxy groups -OCH3 is 1. The predicted molar refractivity (Wildman–Crippen MR) is 136 cm³/mol. The summed E-state index contributed by atoms with van der Waals surface area (Å²) >= 11 is 0. The molecule has 2 aliphatic rings. The van der Waals surface area contributed by atoms with E-state index in [1.807, 2.05) is 17.7 Å². The first kappa shape index (κ1) is 22.9. The minimum absolute atomic E-state index is 0.136.